The van der Waals surface area contributed by atoms with Gasteiger partial charge in [-0.15, -0.1) is 0 Å². The summed E-state index contributed by atoms with van der Waals surface area (Å²) in [5, 5.41) is 3.09. The van der Waals surface area contributed by atoms with Crippen LogP contribution in [0.2, 0.25) is 0 Å². The Labute approximate surface area is 186 Å². The number of anilines is 4. The zero-order chi connectivity index (χ0) is 21.5. The van der Waals surface area contributed by atoms with Crippen molar-refractivity contribution in [2.45, 2.75) is 31.7 Å². The highest BCUT2D eigenvalue weighted by Gasteiger charge is 2.40. The molecule has 3 aliphatic heterocycles. The number of oxazole rings is 1. The first-order valence-electron chi connectivity index (χ1n) is 11.4. The molecule has 8 nitrogen and oxygen atoms in total. The Hall–Kier alpha value is -3.55. The molecule has 6 rings (SSSR count). The molecule has 0 saturated carbocycles. The second-order valence-corrected chi connectivity index (χ2v) is 8.70. The molecular formula is C24H26N6O2. The SMILES string of the molecule is O=C(Nc1cccc(-c2cnco2)c1)N1c2nc(N3CCCCC3)ccc2N2CC[C@H]1C2. The molecule has 5 heterocycles. The maximum absolute atomic E-state index is 13.5. The van der Waals surface area contributed by atoms with Gasteiger partial charge in [-0.3, -0.25) is 4.90 Å². The number of fused-ring (bicyclic) bond motifs is 4. The van der Waals surface area contributed by atoms with Crippen LogP contribution in [0.5, 0.6) is 0 Å². The standard InChI is InChI=1S/C24H26N6O2/c31-24(26-18-6-4-5-17(13-18)21-14-25-16-32-21)30-19-9-12-29(15-19)20-7-8-22(27-23(20)30)28-10-2-1-3-11-28/h4-8,13-14,16,19H,1-3,9-12,15H2,(H,26,31)/t19-/m0/s1. The molecule has 1 N–H and O–H groups in total. The van der Waals surface area contributed by atoms with Gasteiger partial charge in [-0.25, -0.2) is 14.8 Å². The van der Waals surface area contributed by atoms with Crippen molar-refractivity contribution in [3.63, 3.8) is 0 Å². The van der Waals surface area contributed by atoms with E-state index in [-0.39, 0.29) is 12.1 Å². The molecule has 8 heteroatoms. The summed E-state index contributed by atoms with van der Waals surface area (Å²) in [6.45, 7) is 3.86. The third-order valence-electron chi connectivity index (χ3n) is 6.67. The van der Waals surface area contributed by atoms with Gasteiger partial charge in [0.25, 0.3) is 0 Å². The van der Waals surface area contributed by atoms with Crippen LogP contribution in [0.25, 0.3) is 11.3 Å². The molecule has 2 aromatic heterocycles. The Balaban J connectivity index is 1.30. The monoisotopic (exact) mass is 430 g/mol. The average Bonchev–Trinajstić information content (AvgIpc) is 3.51. The van der Waals surface area contributed by atoms with Crippen LogP contribution in [0.15, 0.2) is 53.4 Å². The Morgan fingerprint density at radius 2 is 1.97 bits per heavy atom. The fourth-order valence-electron chi connectivity index (χ4n) is 5.05. The number of urea groups is 1. The molecule has 3 aromatic rings. The van der Waals surface area contributed by atoms with E-state index >= 15 is 0 Å². The van der Waals surface area contributed by atoms with E-state index < -0.39 is 0 Å². The number of hydrogen-bond acceptors (Lipinski definition) is 6. The molecule has 2 fully saturated rings. The molecular weight excluding hydrogens is 404 g/mol. The number of aromatic nitrogens is 2. The average molecular weight is 431 g/mol. The van der Waals surface area contributed by atoms with Crippen LogP contribution in [0, 0.1) is 0 Å². The van der Waals surface area contributed by atoms with Gasteiger partial charge in [-0.05, 0) is 49.9 Å². The van der Waals surface area contributed by atoms with Crippen LogP contribution in [0.3, 0.4) is 0 Å². The van der Waals surface area contributed by atoms with Gasteiger partial charge in [0.05, 0.1) is 17.9 Å². The van der Waals surface area contributed by atoms with E-state index in [0.29, 0.717) is 5.76 Å². The summed E-state index contributed by atoms with van der Waals surface area (Å²) in [4.78, 5) is 29.1. The van der Waals surface area contributed by atoms with Gasteiger partial charge in [-0.1, -0.05) is 12.1 Å². The van der Waals surface area contributed by atoms with Crippen LogP contribution in [-0.4, -0.2) is 48.2 Å². The van der Waals surface area contributed by atoms with Gasteiger partial charge in [0.2, 0.25) is 0 Å². The lowest BCUT2D eigenvalue weighted by Gasteiger charge is -2.37. The first-order chi connectivity index (χ1) is 15.8. The number of nitrogens with one attached hydrogen (secondary N) is 1. The molecule has 0 radical (unpaired) electrons. The van der Waals surface area contributed by atoms with Crippen molar-refractivity contribution >= 4 is 29.0 Å². The van der Waals surface area contributed by atoms with Crippen LogP contribution in [-0.2, 0) is 0 Å². The summed E-state index contributed by atoms with van der Waals surface area (Å²) in [5.74, 6) is 2.41. The maximum atomic E-state index is 13.5. The summed E-state index contributed by atoms with van der Waals surface area (Å²) >= 11 is 0. The first-order valence-corrected chi connectivity index (χ1v) is 11.4. The van der Waals surface area contributed by atoms with Gasteiger partial charge in [0, 0.05) is 37.4 Å². The zero-order valence-electron chi connectivity index (χ0n) is 17.9. The van der Waals surface area contributed by atoms with Crippen molar-refractivity contribution in [3.8, 4) is 11.3 Å². The number of amides is 2. The molecule has 1 aromatic carbocycles. The smallest absolute Gasteiger partial charge is 0.327 e. The van der Waals surface area contributed by atoms with Crippen LogP contribution < -0.4 is 20.0 Å². The number of carbonyl (C=O) groups excluding carboxylic acids is 1. The first kappa shape index (κ1) is 19.2. The molecule has 164 valence electrons. The number of pyridine rings is 1. The van der Waals surface area contributed by atoms with E-state index in [1.54, 1.807) is 6.20 Å². The van der Waals surface area contributed by atoms with E-state index in [1.165, 1.54) is 25.7 Å². The van der Waals surface area contributed by atoms with Crippen LogP contribution in [0.1, 0.15) is 25.7 Å². The van der Waals surface area contributed by atoms with Gasteiger partial charge < -0.3 is 19.5 Å². The Bertz CT molecular complexity index is 1130. The van der Waals surface area contributed by atoms with Crippen molar-refractivity contribution in [1.29, 1.82) is 0 Å². The second-order valence-electron chi connectivity index (χ2n) is 8.70. The van der Waals surface area contributed by atoms with Crippen molar-refractivity contribution in [2.24, 2.45) is 0 Å². The van der Waals surface area contributed by atoms with Crippen LogP contribution in [0.4, 0.5) is 27.8 Å². The maximum Gasteiger partial charge on any atom is 0.327 e. The highest BCUT2D eigenvalue weighted by atomic mass is 16.3. The molecule has 0 unspecified atom stereocenters. The minimum absolute atomic E-state index is 0.129. The van der Waals surface area contributed by atoms with Crippen molar-refractivity contribution < 1.29 is 9.21 Å². The number of hydrogen-bond donors (Lipinski definition) is 1. The molecule has 2 bridgehead atoms. The second kappa shape index (κ2) is 7.85. The largest absolute Gasteiger partial charge is 0.444 e. The topological polar surface area (TPSA) is 77.7 Å². The van der Waals surface area contributed by atoms with E-state index in [1.807, 2.05) is 29.2 Å². The molecule has 1 atom stereocenters. The molecule has 0 aliphatic carbocycles. The normalized spacial score (nSPS) is 19.8. The summed E-state index contributed by atoms with van der Waals surface area (Å²) in [6, 6.07) is 11.9. The molecule has 2 saturated heterocycles. The van der Waals surface area contributed by atoms with Gasteiger partial charge in [0.15, 0.2) is 18.0 Å². The van der Waals surface area contributed by atoms with Gasteiger partial charge >= 0.3 is 6.03 Å². The predicted molar refractivity (Wildman–Crippen MR) is 124 cm³/mol. The number of rotatable bonds is 3. The Morgan fingerprint density at radius 3 is 2.81 bits per heavy atom. The van der Waals surface area contributed by atoms with Gasteiger partial charge in [0.1, 0.15) is 5.82 Å². The van der Waals surface area contributed by atoms with Crippen molar-refractivity contribution in [3.05, 3.63) is 49.0 Å². The zero-order valence-corrected chi connectivity index (χ0v) is 17.9. The third-order valence-corrected chi connectivity index (χ3v) is 6.67. The Morgan fingerprint density at radius 1 is 1.06 bits per heavy atom. The number of benzene rings is 1. The van der Waals surface area contributed by atoms with E-state index in [0.717, 1.165) is 61.2 Å². The van der Waals surface area contributed by atoms with Crippen LogP contribution >= 0.6 is 0 Å². The third kappa shape index (κ3) is 3.36. The van der Waals surface area contributed by atoms with Crippen molar-refractivity contribution in [1.82, 2.24) is 9.97 Å². The molecule has 0 spiro atoms. The molecule has 3 aliphatic rings. The number of nitrogens with zero attached hydrogens (tertiary/aromatic N) is 5. The summed E-state index contributed by atoms with van der Waals surface area (Å²) in [7, 11) is 0. The quantitative estimate of drug-likeness (QED) is 0.665. The predicted octanol–water partition coefficient (Wildman–Crippen LogP) is 4.36. The lowest BCUT2D eigenvalue weighted by Crippen LogP contribution is -2.48. The van der Waals surface area contributed by atoms with E-state index in [2.05, 4.69) is 32.2 Å². The molecule has 2 amide bonds. The fourth-order valence-corrected chi connectivity index (χ4v) is 5.05. The minimum atomic E-state index is -0.143. The summed E-state index contributed by atoms with van der Waals surface area (Å²) in [5.41, 5.74) is 2.64. The number of carbonyl (C=O) groups is 1. The number of piperidine rings is 1. The highest BCUT2D eigenvalue weighted by Crippen LogP contribution is 2.40. The summed E-state index contributed by atoms with van der Waals surface area (Å²) in [6.07, 6.45) is 7.68. The summed E-state index contributed by atoms with van der Waals surface area (Å²) < 4.78 is 5.40. The molecule has 32 heavy (non-hydrogen) atoms. The Kier molecular flexibility index (Phi) is 4.70. The van der Waals surface area contributed by atoms with Crippen molar-refractivity contribution in [2.75, 3.05) is 46.2 Å². The van der Waals surface area contributed by atoms with E-state index in [4.69, 9.17) is 9.40 Å². The highest BCUT2D eigenvalue weighted by molar-refractivity contribution is 6.05. The van der Waals surface area contributed by atoms with Gasteiger partial charge in [-0.2, -0.15) is 0 Å². The minimum Gasteiger partial charge on any atom is -0.444 e. The van der Waals surface area contributed by atoms with E-state index in [9.17, 15) is 4.79 Å². The lowest BCUT2D eigenvalue weighted by atomic mass is 10.1. The fraction of sp³-hybridized carbons (Fsp3) is 0.375. The lowest BCUT2D eigenvalue weighted by molar-refractivity contribution is 0.255.